The Morgan fingerprint density at radius 1 is 1.08 bits per heavy atom. The number of nitrogens with one attached hydrogen (secondary N) is 3. The van der Waals surface area contributed by atoms with Crippen molar-refractivity contribution in [2.45, 2.75) is 43.7 Å². The summed E-state index contributed by atoms with van der Waals surface area (Å²) < 4.78 is 5.31. The molecule has 1 heterocycles. The highest BCUT2D eigenvalue weighted by Crippen LogP contribution is 2.43. The van der Waals surface area contributed by atoms with E-state index in [-0.39, 0.29) is 44.0 Å². The number of H-pyrrole nitrogens is 1. The fraction of sp³-hybridized carbons (Fsp3) is 0.379. The Kier molecular flexibility index (Phi) is 9.69. The smallest absolute Gasteiger partial charge is 0.408 e. The largest absolute Gasteiger partial charge is 0.445 e. The Morgan fingerprint density at radius 3 is 2.41 bits per heavy atom. The normalized spacial score (nSPS) is 14.5. The molecule has 1 atom stereocenters. The molecule has 0 spiro atoms. The number of carbonyl (C=O) groups excluding carboxylic acids is 3. The molecule has 1 saturated carbocycles. The van der Waals surface area contributed by atoms with Crippen LogP contribution in [0.25, 0.3) is 0 Å². The Bertz CT molecular complexity index is 1200. The highest BCUT2D eigenvalue weighted by molar-refractivity contribution is 5.89. The third-order valence-electron chi connectivity index (χ3n) is 7.12. The summed E-state index contributed by atoms with van der Waals surface area (Å²) in [5.74, 6) is -0.835. The van der Waals surface area contributed by atoms with Gasteiger partial charge in [-0.05, 0) is 24.0 Å². The van der Waals surface area contributed by atoms with Crippen LogP contribution in [0.5, 0.6) is 0 Å². The number of aliphatic hydroxyl groups excluding tert-OH is 1. The Balaban J connectivity index is 1.38. The van der Waals surface area contributed by atoms with E-state index in [9.17, 15) is 19.5 Å². The van der Waals surface area contributed by atoms with Crippen LogP contribution in [0.4, 0.5) is 4.79 Å². The SMILES string of the molecule is O=C(CN(CCO)C(=O)[C@H](Cc1cnc[nH]1)NC(=O)OCc1ccccc1)NCC1(c2ccccc2)CCC1. The molecule has 0 aliphatic heterocycles. The van der Waals surface area contributed by atoms with Crippen LogP contribution in [0.1, 0.15) is 36.1 Å². The Hall–Kier alpha value is -4.18. The number of rotatable bonds is 13. The van der Waals surface area contributed by atoms with E-state index in [4.69, 9.17) is 4.74 Å². The minimum Gasteiger partial charge on any atom is -0.445 e. The van der Waals surface area contributed by atoms with Gasteiger partial charge in [-0.15, -0.1) is 0 Å². The Labute approximate surface area is 227 Å². The molecule has 1 aliphatic rings. The van der Waals surface area contributed by atoms with Gasteiger partial charge in [0.1, 0.15) is 12.6 Å². The number of imidazole rings is 1. The standard InChI is InChI=1S/C29H35N5O5/c35-15-14-34(18-26(36)31-20-29(12-7-13-29)23-10-5-2-6-11-23)27(37)25(16-24-17-30-21-32-24)33-28(38)39-19-22-8-3-1-4-9-22/h1-6,8-11,17,21,25,35H,7,12-16,18-20H2,(H,30,32)(H,31,36)(H,33,38)/t25-/m0/s1. The van der Waals surface area contributed by atoms with Crippen molar-refractivity contribution in [3.05, 3.63) is 90.0 Å². The molecule has 4 N–H and O–H groups in total. The molecule has 39 heavy (non-hydrogen) atoms. The van der Waals surface area contributed by atoms with Gasteiger partial charge in [-0.3, -0.25) is 9.59 Å². The minimum atomic E-state index is -1.03. The van der Waals surface area contributed by atoms with Gasteiger partial charge in [0, 0.05) is 36.8 Å². The second kappa shape index (κ2) is 13.6. The maximum absolute atomic E-state index is 13.5. The molecule has 1 aromatic heterocycles. The first-order valence-electron chi connectivity index (χ1n) is 13.2. The van der Waals surface area contributed by atoms with E-state index in [2.05, 4.69) is 32.7 Å². The van der Waals surface area contributed by atoms with E-state index < -0.39 is 18.0 Å². The predicted molar refractivity (Wildman–Crippen MR) is 144 cm³/mol. The number of hydrogen-bond acceptors (Lipinski definition) is 6. The highest BCUT2D eigenvalue weighted by atomic mass is 16.5. The van der Waals surface area contributed by atoms with E-state index in [0.717, 1.165) is 24.8 Å². The maximum atomic E-state index is 13.5. The summed E-state index contributed by atoms with van der Waals surface area (Å²) in [7, 11) is 0. The zero-order chi connectivity index (χ0) is 27.5. The van der Waals surface area contributed by atoms with Gasteiger partial charge < -0.3 is 30.4 Å². The lowest BCUT2D eigenvalue weighted by Crippen LogP contribution is -2.54. The fourth-order valence-corrected chi connectivity index (χ4v) is 4.79. The predicted octanol–water partition coefficient (Wildman–Crippen LogP) is 2.31. The molecule has 0 bridgehead atoms. The quantitative estimate of drug-likeness (QED) is 0.266. The monoisotopic (exact) mass is 533 g/mol. The number of amides is 3. The first kappa shape index (κ1) is 27.8. The van der Waals surface area contributed by atoms with Crippen molar-refractivity contribution >= 4 is 17.9 Å². The number of aromatic amines is 1. The molecule has 4 rings (SSSR count). The molecule has 10 nitrogen and oxygen atoms in total. The van der Waals surface area contributed by atoms with Gasteiger partial charge in [-0.25, -0.2) is 9.78 Å². The van der Waals surface area contributed by atoms with Crippen molar-refractivity contribution < 1.29 is 24.2 Å². The van der Waals surface area contributed by atoms with Gasteiger partial charge >= 0.3 is 6.09 Å². The summed E-state index contributed by atoms with van der Waals surface area (Å²) in [4.78, 5) is 47.2. The molecule has 10 heteroatoms. The van der Waals surface area contributed by atoms with E-state index in [1.165, 1.54) is 16.8 Å². The molecule has 2 aromatic carbocycles. The van der Waals surface area contributed by atoms with Gasteiger partial charge in [0.25, 0.3) is 0 Å². The zero-order valence-corrected chi connectivity index (χ0v) is 21.8. The van der Waals surface area contributed by atoms with Crippen LogP contribution in [0.15, 0.2) is 73.2 Å². The summed E-state index contributed by atoms with van der Waals surface area (Å²) in [5, 5.41) is 15.2. The van der Waals surface area contributed by atoms with Crippen LogP contribution in [-0.2, 0) is 32.8 Å². The number of benzene rings is 2. The number of ether oxygens (including phenoxy) is 1. The van der Waals surface area contributed by atoms with Crippen molar-refractivity contribution in [3.63, 3.8) is 0 Å². The van der Waals surface area contributed by atoms with E-state index in [1.54, 1.807) is 6.20 Å². The number of aromatic nitrogens is 2. The summed E-state index contributed by atoms with van der Waals surface area (Å²) >= 11 is 0. The van der Waals surface area contributed by atoms with Crippen LogP contribution >= 0.6 is 0 Å². The lowest BCUT2D eigenvalue weighted by atomic mass is 9.64. The van der Waals surface area contributed by atoms with Gasteiger partial charge in [0.05, 0.1) is 19.5 Å². The van der Waals surface area contributed by atoms with E-state index >= 15 is 0 Å². The van der Waals surface area contributed by atoms with E-state index in [0.29, 0.717) is 12.2 Å². The minimum absolute atomic E-state index is 0.0452. The molecular weight excluding hydrogens is 498 g/mol. The van der Waals surface area contributed by atoms with Crippen molar-refractivity contribution in [2.75, 3.05) is 26.2 Å². The van der Waals surface area contributed by atoms with Crippen molar-refractivity contribution in [3.8, 4) is 0 Å². The number of alkyl carbamates (subject to hydrolysis) is 1. The average molecular weight is 534 g/mol. The van der Waals surface area contributed by atoms with Crippen LogP contribution in [-0.4, -0.2) is 70.2 Å². The molecule has 1 fully saturated rings. The molecule has 1 aliphatic carbocycles. The topological polar surface area (TPSA) is 137 Å². The molecule has 3 aromatic rings. The van der Waals surface area contributed by atoms with Crippen LogP contribution < -0.4 is 10.6 Å². The highest BCUT2D eigenvalue weighted by Gasteiger charge is 2.39. The van der Waals surface area contributed by atoms with E-state index in [1.807, 2.05) is 48.5 Å². The lowest BCUT2D eigenvalue weighted by molar-refractivity contribution is -0.138. The Morgan fingerprint density at radius 2 is 1.79 bits per heavy atom. The van der Waals surface area contributed by atoms with Crippen molar-refractivity contribution in [1.29, 1.82) is 0 Å². The number of nitrogens with zero attached hydrogens (tertiary/aromatic N) is 2. The van der Waals surface area contributed by atoms with Crippen molar-refractivity contribution in [1.82, 2.24) is 25.5 Å². The third-order valence-corrected chi connectivity index (χ3v) is 7.12. The summed E-state index contributed by atoms with van der Waals surface area (Å²) in [6.45, 7) is -0.120. The second-order valence-corrected chi connectivity index (χ2v) is 9.80. The molecule has 0 saturated heterocycles. The van der Waals surface area contributed by atoms with Crippen LogP contribution in [0.2, 0.25) is 0 Å². The van der Waals surface area contributed by atoms with Crippen LogP contribution in [0.3, 0.4) is 0 Å². The third kappa shape index (κ3) is 7.67. The molecular formula is C29H35N5O5. The van der Waals surface area contributed by atoms with Gasteiger partial charge in [-0.1, -0.05) is 67.1 Å². The summed E-state index contributed by atoms with van der Waals surface area (Å²) in [6.07, 6.45) is 5.45. The van der Waals surface area contributed by atoms with Gasteiger partial charge in [0.2, 0.25) is 11.8 Å². The lowest BCUT2D eigenvalue weighted by Gasteiger charge is -2.42. The molecule has 0 unspecified atom stereocenters. The second-order valence-electron chi connectivity index (χ2n) is 9.80. The molecule has 3 amide bonds. The first-order valence-corrected chi connectivity index (χ1v) is 13.2. The van der Waals surface area contributed by atoms with Gasteiger partial charge in [-0.2, -0.15) is 0 Å². The maximum Gasteiger partial charge on any atom is 0.408 e. The average Bonchev–Trinajstić information content (AvgIpc) is 3.45. The number of aliphatic hydroxyl groups is 1. The van der Waals surface area contributed by atoms with Crippen molar-refractivity contribution in [2.24, 2.45) is 0 Å². The summed E-state index contributed by atoms with van der Waals surface area (Å²) in [6, 6.07) is 18.3. The first-order chi connectivity index (χ1) is 19.0. The summed E-state index contributed by atoms with van der Waals surface area (Å²) in [5.41, 5.74) is 2.52. The van der Waals surface area contributed by atoms with Gasteiger partial charge in [0.15, 0.2) is 0 Å². The number of carbonyl (C=O) groups is 3. The fourth-order valence-electron chi connectivity index (χ4n) is 4.79. The van der Waals surface area contributed by atoms with Crippen LogP contribution in [0, 0.1) is 0 Å². The molecule has 206 valence electrons. The molecule has 0 radical (unpaired) electrons. The zero-order valence-electron chi connectivity index (χ0n) is 21.8. The number of hydrogen-bond donors (Lipinski definition) is 4.